The van der Waals surface area contributed by atoms with Crippen LogP contribution in [0, 0.1) is 11.6 Å². The van der Waals surface area contributed by atoms with Crippen molar-refractivity contribution in [2.75, 3.05) is 6.54 Å². The maximum Gasteiger partial charge on any atom is 0.141 e. The van der Waals surface area contributed by atoms with E-state index in [1.54, 1.807) is 0 Å². The number of halogens is 3. The Morgan fingerprint density at radius 1 is 1.50 bits per heavy atom. The van der Waals surface area contributed by atoms with E-state index in [1.807, 2.05) is 0 Å². The quantitative estimate of drug-likeness (QED) is 0.364. The Kier molecular flexibility index (Phi) is 3.78. The van der Waals surface area contributed by atoms with E-state index >= 15 is 0 Å². The first-order valence-electron chi connectivity index (χ1n) is 5.00. The van der Waals surface area contributed by atoms with Gasteiger partial charge in [0.2, 0.25) is 0 Å². The number of azide groups is 1. The first-order valence-corrected chi connectivity index (χ1v) is 5.79. The molecule has 18 heavy (non-hydrogen) atoms. The summed E-state index contributed by atoms with van der Waals surface area (Å²) in [7, 11) is 0. The number of oxime groups is 1. The summed E-state index contributed by atoms with van der Waals surface area (Å²) in [5, 5.41) is 7.09. The average Bonchev–Trinajstić information content (AvgIpc) is 2.81. The number of benzene rings is 1. The van der Waals surface area contributed by atoms with Crippen molar-refractivity contribution in [3.05, 3.63) is 44.2 Å². The lowest BCUT2D eigenvalue weighted by Crippen LogP contribution is -2.12. The monoisotopic (exact) mass is 316 g/mol. The van der Waals surface area contributed by atoms with Gasteiger partial charge in [0.05, 0.1) is 16.7 Å². The second kappa shape index (κ2) is 5.32. The van der Waals surface area contributed by atoms with Crippen LogP contribution in [0.1, 0.15) is 12.0 Å². The molecule has 0 saturated carbocycles. The van der Waals surface area contributed by atoms with Crippen molar-refractivity contribution in [3.63, 3.8) is 0 Å². The van der Waals surface area contributed by atoms with Gasteiger partial charge in [0, 0.05) is 16.9 Å². The molecule has 0 unspecified atom stereocenters. The molecule has 1 aromatic rings. The van der Waals surface area contributed by atoms with Crippen molar-refractivity contribution in [1.82, 2.24) is 0 Å². The van der Waals surface area contributed by atoms with Crippen molar-refractivity contribution in [2.45, 2.75) is 12.5 Å². The van der Waals surface area contributed by atoms with Gasteiger partial charge >= 0.3 is 0 Å². The van der Waals surface area contributed by atoms with Gasteiger partial charge in [-0.3, -0.25) is 0 Å². The number of hydrogen-bond donors (Lipinski definition) is 0. The fourth-order valence-electron chi connectivity index (χ4n) is 1.55. The molecular weight excluding hydrogens is 310 g/mol. The lowest BCUT2D eigenvalue weighted by Gasteiger charge is -2.03. The van der Waals surface area contributed by atoms with Crippen LogP contribution in [-0.2, 0) is 4.84 Å². The zero-order chi connectivity index (χ0) is 13.1. The molecule has 0 bridgehead atoms. The summed E-state index contributed by atoms with van der Waals surface area (Å²) < 4.78 is 26.5. The molecule has 0 saturated heterocycles. The van der Waals surface area contributed by atoms with Crippen LogP contribution >= 0.6 is 15.9 Å². The minimum Gasteiger partial charge on any atom is -0.392 e. The maximum absolute atomic E-state index is 13.3. The molecule has 0 radical (unpaired) electrons. The molecule has 1 aromatic carbocycles. The SMILES string of the molecule is [N-]=[N+]=NC[C@H]1CC(c2cc(F)c(Br)c(F)c2)=NO1. The summed E-state index contributed by atoms with van der Waals surface area (Å²) >= 11 is 2.79. The summed E-state index contributed by atoms with van der Waals surface area (Å²) in [6.07, 6.45) is -0.0369. The molecule has 0 N–H and O–H groups in total. The highest BCUT2D eigenvalue weighted by molar-refractivity contribution is 9.10. The molecule has 0 amide bonds. The minimum atomic E-state index is -0.703. The Balaban J connectivity index is 2.17. The van der Waals surface area contributed by atoms with E-state index in [-0.39, 0.29) is 17.1 Å². The summed E-state index contributed by atoms with van der Waals surface area (Å²) in [5.74, 6) is -1.41. The molecule has 94 valence electrons. The van der Waals surface area contributed by atoms with Crippen LogP contribution in [0.5, 0.6) is 0 Å². The predicted molar refractivity (Wildman–Crippen MR) is 64.1 cm³/mol. The highest BCUT2D eigenvalue weighted by Crippen LogP contribution is 2.24. The third kappa shape index (κ3) is 2.60. The lowest BCUT2D eigenvalue weighted by molar-refractivity contribution is 0.0919. The molecule has 0 aromatic heterocycles. The zero-order valence-corrected chi connectivity index (χ0v) is 10.6. The van der Waals surface area contributed by atoms with E-state index < -0.39 is 11.6 Å². The van der Waals surface area contributed by atoms with Crippen LogP contribution in [0.4, 0.5) is 8.78 Å². The molecule has 5 nitrogen and oxygen atoms in total. The van der Waals surface area contributed by atoms with E-state index in [1.165, 1.54) is 12.1 Å². The smallest absolute Gasteiger partial charge is 0.141 e. The first kappa shape index (κ1) is 12.8. The molecule has 1 heterocycles. The van der Waals surface area contributed by atoms with E-state index in [0.29, 0.717) is 17.7 Å². The standard InChI is InChI=1S/C10H7BrF2N4O/c11-10-7(12)1-5(2-8(10)13)9-3-6(18-16-9)4-15-17-14/h1-2,6H,3-4H2/t6-/m1/s1. The zero-order valence-electron chi connectivity index (χ0n) is 8.98. The van der Waals surface area contributed by atoms with Gasteiger partial charge in [0.25, 0.3) is 0 Å². The van der Waals surface area contributed by atoms with Gasteiger partial charge in [0.1, 0.15) is 17.7 Å². The number of nitrogens with zero attached hydrogens (tertiary/aromatic N) is 4. The average molecular weight is 317 g/mol. The molecule has 2 rings (SSSR count). The van der Waals surface area contributed by atoms with Crippen LogP contribution in [0.2, 0.25) is 0 Å². The Bertz CT molecular complexity index is 534. The van der Waals surface area contributed by atoms with Gasteiger partial charge in [-0.05, 0) is 33.6 Å². The Hall–Kier alpha value is -1.66. The second-order valence-corrected chi connectivity index (χ2v) is 4.43. The van der Waals surface area contributed by atoms with E-state index in [9.17, 15) is 8.78 Å². The Morgan fingerprint density at radius 2 is 2.17 bits per heavy atom. The number of rotatable bonds is 3. The van der Waals surface area contributed by atoms with Crippen LogP contribution in [0.15, 0.2) is 26.9 Å². The van der Waals surface area contributed by atoms with E-state index in [0.717, 1.165) is 0 Å². The Labute approximate surface area is 109 Å². The predicted octanol–water partition coefficient (Wildman–Crippen LogP) is 3.53. The van der Waals surface area contributed by atoms with Crippen LogP contribution < -0.4 is 0 Å². The van der Waals surface area contributed by atoms with Gasteiger partial charge in [-0.25, -0.2) is 8.78 Å². The fraction of sp³-hybridized carbons (Fsp3) is 0.300. The maximum atomic E-state index is 13.3. The van der Waals surface area contributed by atoms with Gasteiger partial charge in [-0.2, -0.15) is 0 Å². The molecule has 1 aliphatic heterocycles. The highest BCUT2D eigenvalue weighted by Gasteiger charge is 2.23. The largest absolute Gasteiger partial charge is 0.392 e. The molecule has 0 spiro atoms. The summed E-state index contributed by atoms with van der Waals surface area (Å²) in [6.45, 7) is 0.130. The molecule has 1 atom stereocenters. The van der Waals surface area contributed by atoms with E-state index in [2.05, 4.69) is 31.1 Å². The molecule has 8 heteroatoms. The first-order chi connectivity index (χ1) is 8.61. The second-order valence-electron chi connectivity index (χ2n) is 3.64. The fourth-order valence-corrected chi connectivity index (χ4v) is 1.78. The third-order valence-corrected chi connectivity index (χ3v) is 3.16. The highest BCUT2D eigenvalue weighted by atomic mass is 79.9. The van der Waals surface area contributed by atoms with Crippen molar-refractivity contribution >= 4 is 21.6 Å². The molecule has 0 aliphatic carbocycles. The van der Waals surface area contributed by atoms with Crippen molar-refractivity contribution in [3.8, 4) is 0 Å². The third-order valence-electron chi connectivity index (χ3n) is 2.40. The van der Waals surface area contributed by atoms with Crippen LogP contribution in [0.25, 0.3) is 10.4 Å². The molecule has 1 aliphatic rings. The molecular formula is C10H7BrF2N4O. The van der Waals surface area contributed by atoms with Gasteiger partial charge in [-0.1, -0.05) is 10.3 Å². The molecule has 0 fully saturated rings. The van der Waals surface area contributed by atoms with E-state index in [4.69, 9.17) is 10.4 Å². The Morgan fingerprint density at radius 3 is 2.78 bits per heavy atom. The van der Waals surface area contributed by atoms with Crippen molar-refractivity contribution < 1.29 is 13.6 Å². The summed E-state index contributed by atoms with van der Waals surface area (Å²) in [6, 6.07) is 2.34. The van der Waals surface area contributed by atoms with Crippen molar-refractivity contribution in [1.29, 1.82) is 0 Å². The van der Waals surface area contributed by atoms with Gasteiger partial charge in [0.15, 0.2) is 0 Å². The minimum absolute atomic E-state index is 0.130. The van der Waals surface area contributed by atoms with Crippen molar-refractivity contribution in [2.24, 2.45) is 10.3 Å². The van der Waals surface area contributed by atoms with Gasteiger partial charge in [-0.15, -0.1) is 0 Å². The normalized spacial score (nSPS) is 17.9. The summed E-state index contributed by atoms with van der Waals surface area (Å²) in [4.78, 5) is 7.60. The topological polar surface area (TPSA) is 70.4 Å². The van der Waals surface area contributed by atoms with Gasteiger partial charge < -0.3 is 4.84 Å². The van der Waals surface area contributed by atoms with Crippen LogP contribution in [-0.4, -0.2) is 18.4 Å². The summed E-state index contributed by atoms with van der Waals surface area (Å²) in [5.41, 5.74) is 8.92. The number of hydrogen-bond acceptors (Lipinski definition) is 3. The van der Waals surface area contributed by atoms with Crippen LogP contribution in [0.3, 0.4) is 0 Å². The lowest BCUT2D eigenvalue weighted by atomic mass is 10.0.